The summed E-state index contributed by atoms with van der Waals surface area (Å²) < 4.78 is 0. The van der Waals surface area contributed by atoms with Crippen molar-refractivity contribution in [2.45, 2.75) is 20.4 Å². The summed E-state index contributed by atoms with van der Waals surface area (Å²) in [5, 5.41) is 0. The Bertz CT molecular complexity index is 442. The van der Waals surface area contributed by atoms with E-state index < -0.39 is 0 Å². The fourth-order valence-corrected chi connectivity index (χ4v) is 2.98. The lowest BCUT2D eigenvalue weighted by molar-refractivity contribution is 0.455. The molecule has 3 nitrogen and oxygen atoms in total. The number of benzene rings is 1. The van der Waals surface area contributed by atoms with E-state index in [2.05, 4.69) is 41.9 Å². The van der Waals surface area contributed by atoms with Gasteiger partial charge in [0.25, 0.3) is 0 Å². The van der Waals surface area contributed by atoms with E-state index in [1.165, 1.54) is 16.7 Å². The predicted molar refractivity (Wildman–Crippen MR) is 95.6 cm³/mol. The molecule has 1 aliphatic rings. The summed E-state index contributed by atoms with van der Waals surface area (Å²) in [4.78, 5) is 6.70. The molecule has 0 radical (unpaired) electrons. The second kappa shape index (κ2) is 7.99. The van der Waals surface area contributed by atoms with E-state index in [9.17, 15) is 0 Å². The van der Waals surface area contributed by atoms with Crippen molar-refractivity contribution in [3.8, 4) is 0 Å². The summed E-state index contributed by atoms with van der Waals surface area (Å²) in [6, 6.07) is 6.47. The highest BCUT2D eigenvalue weighted by Crippen LogP contribution is 2.12. The molecule has 1 aromatic carbocycles. The molecule has 0 unspecified atom stereocenters. The fraction of sp³-hybridized carbons (Fsp3) is 0.500. The molecule has 1 fully saturated rings. The van der Waals surface area contributed by atoms with Crippen molar-refractivity contribution in [1.82, 2.24) is 4.90 Å². The second-order valence-electron chi connectivity index (χ2n) is 4.70. The van der Waals surface area contributed by atoms with E-state index in [0.717, 1.165) is 24.6 Å². The minimum atomic E-state index is 0. The summed E-state index contributed by atoms with van der Waals surface area (Å²) in [5.74, 6) is 3.00. The molecule has 5 heteroatoms. The Labute approximate surface area is 137 Å². The first kappa shape index (κ1) is 16.6. The number of hydrogen-bond acceptors (Lipinski definition) is 2. The van der Waals surface area contributed by atoms with E-state index in [-0.39, 0.29) is 24.0 Å². The van der Waals surface area contributed by atoms with Crippen LogP contribution in [-0.2, 0) is 6.54 Å². The quantitative estimate of drug-likeness (QED) is 0.479. The highest BCUT2D eigenvalue weighted by atomic mass is 127. The molecule has 1 aromatic rings. The first-order chi connectivity index (χ1) is 8.66. The third-order valence-electron chi connectivity index (χ3n) is 3.24. The van der Waals surface area contributed by atoms with Crippen LogP contribution in [0, 0.1) is 13.8 Å². The highest BCUT2D eigenvalue weighted by molar-refractivity contribution is 14.0. The number of guanidine groups is 1. The summed E-state index contributed by atoms with van der Waals surface area (Å²) in [6.07, 6.45) is 0. The molecule has 2 rings (SSSR count). The van der Waals surface area contributed by atoms with Crippen LogP contribution in [-0.4, -0.2) is 35.5 Å². The maximum Gasteiger partial charge on any atom is 0.191 e. The summed E-state index contributed by atoms with van der Waals surface area (Å²) in [7, 11) is 0. The molecule has 0 aliphatic carbocycles. The Balaban J connectivity index is 0.00000180. The van der Waals surface area contributed by atoms with Crippen molar-refractivity contribution in [3.05, 3.63) is 34.9 Å². The smallest absolute Gasteiger partial charge is 0.191 e. The standard InChI is InChI=1S/C14H21N3S.HI/c1-11-3-4-13(12(2)9-11)10-16-14(15)17-5-7-18-8-6-17;/h3-4,9H,5-8,10H2,1-2H3,(H2,15,16);1H. The molecule has 0 aromatic heterocycles. The van der Waals surface area contributed by atoms with Gasteiger partial charge in [0.1, 0.15) is 0 Å². The van der Waals surface area contributed by atoms with Crippen molar-refractivity contribution in [1.29, 1.82) is 0 Å². The SMILES string of the molecule is Cc1ccc(CN=C(N)N2CCSCC2)c(C)c1.I. The van der Waals surface area contributed by atoms with E-state index >= 15 is 0 Å². The van der Waals surface area contributed by atoms with Gasteiger partial charge in [0.15, 0.2) is 5.96 Å². The van der Waals surface area contributed by atoms with Crippen LogP contribution < -0.4 is 5.73 Å². The summed E-state index contributed by atoms with van der Waals surface area (Å²) in [6.45, 7) is 6.97. The van der Waals surface area contributed by atoms with Crippen LogP contribution in [0.15, 0.2) is 23.2 Å². The third-order valence-corrected chi connectivity index (χ3v) is 4.19. The van der Waals surface area contributed by atoms with Gasteiger partial charge >= 0.3 is 0 Å². The van der Waals surface area contributed by atoms with Gasteiger partial charge in [-0.1, -0.05) is 23.8 Å². The number of thioether (sulfide) groups is 1. The molecule has 0 saturated carbocycles. The van der Waals surface area contributed by atoms with Gasteiger partial charge in [-0.05, 0) is 25.0 Å². The van der Waals surface area contributed by atoms with Crippen LogP contribution in [0.5, 0.6) is 0 Å². The van der Waals surface area contributed by atoms with Crippen LogP contribution in [0.25, 0.3) is 0 Å². The van der Waals surface area contributed by atoms with Gasteiger partial charge in [0.05, 0.1) is 6.54 Å². The van der Waals surface area contributed by atoms with Gasteiger partial charge in [0.2, 0.25) is 0 Å². The maximum absolute atomic E-state index is 6.04. The molecule has 106 valence electrons. The molecule has 1 heterocycles. The fourth-order valence-electron chi connectivity index (χ4n) is 2.08. The van der Waals surface area contributed by atoms with Gasteiger partial charge in [-0.25, -0.2) is 4.99 Å². The van der Waals surface area contributed by atoms with Crippen molar-refractivity contribution in [3.63, 3.8) is 0 Å². The molecular formula is C14H22IN3S. The highest BCUT2D eigenvalue weighted by Gasteiger charge is 2.11. The molecular weight excluding hydrogens is 369 g/mol. The molecule has 0 amide bonds. The second-order valence-corrected chi connectivity index (χ2v) is 5.93. The van der Waals surface area contributed by atoms with Gasteiger partial charge < -0.3 is 10.6 Å². The zero-order chi connectivity index (χ0) is 13.0. The maximum atomic E-state index is 6.04. The normalized spacial score (nSPS) is 16.1. The number of nitrogens with zero attached hydrogens (tertiary/aromatic N) is 2. The Kier molecular flexibility index (Phi) is 6.99. The van der Waals surface area contributed by atoms with Gasteiger partial charge in [0, 0.05) is 24.6 Å². The molecule has 1 saturated heterocycles. The van der Waals surface area contributed by atoms with Crippen LogP contribution in [0.1, 0.15) is 16.7 Å². The minimum absolute atomic E-state index is 0. The monoisotopic (exact) mass is 391 g/mol. The Morgan fingerprint density at radius 2 is 2.00 bits per heavy atom. The van der Waals surface area contributed by atoms with Crippen LogP contribution in [0.3, 0.4) is 0 Å². The van der Waals surface area contributed by atoms with Crippen LogP contribution in [0.4, 0.5) is 0 Å². The van der Waals surface area contributed by atoms with Gasteiger partial charge in [-0.3, -0.25) is 0 Å². The number of halogens is 1. The molecule has 19 heavy (non-hydrogen) atoms. The van der Waals surface area contributed by atoms with Crippen molar-refractivity contribution < 1.29 is 0 Å². The number of nitrogens with two attached hydrogens (primary N) is 1. The lowest BCUT2D eigenvalue weighted by Gasteiger charge is -2.27. The molecule has 0 bridgehead atoms. The first-order valence-electron chi connectivity index (χ1n) is 6.35. The number of aliphatic imine (C=N–C) groups is 1. The van der Waals surface area contributed by atoms with E-state index in [4.69, 9.17) is 5.73 Å². The lowest BCUT2D eigenvalue weighted by atomic mass is 10.1. The molecule has 0 atom stereocenters. The zero-order valence-corrected chi connectivity index (χ0v) is 14.7. The largest absolute Gasteiger partial charge is 0.370 e. The number of hydrogen-bond donors (Lipinski definition) is 1. The molecule has 2 N–H and O–H groups in total. The van der Waals surface area contributed by atoms with Crippen molar-refractivity contribution in [2.24, 2.45) is 10.7 Å². The average Bonchev–Trinajstić information content (AvgIpc) is 2.38. The number of rotatable bonds is 2. The van der Waals surface area contributed by atoms with Crippen LogP contribution >= 0.6 is 35.7 Å². The Hall–Kier alpha value is -0.430. The Morgan fingerprint density at radius 3 is 2.63 bits per heavy atom. The van der Waals surface area contributed by atoms with E-state index in [1.807, 2.05) is 11.8 Å². The predicted octanol–water partition coefficient (Wildman–Crippen LogP) is 2.78. The minimum Gasteiger partial charge on any atom is -0.370 e. The van der Waals surface area contributed by atoms with Crippen LogP contribution in [0.2, 0.25) is 0 Å². The average molecular weight is 391 g/mol. The third kappa shape index (κ3) is 4.87. The summed E-state index contributed by atoms with van der Waals surface area (Å²) >= 11 is 1.98. The van der Waals surface area contributed by atoms with E-state index in [1.54, 1.807) is 0 Å². The molecule has 0 spiro atoms. The van der Waals surface area contributed by atoms with Crippen molar-refractivity contribution in [2.75, 3.05) is 24.6 Å². The van der Waals surface area contributed by atoms with E-state index in [0.29, 0.717) is 12.5 Å². The molecule has 1 aliphatic heterocycles. The lowest BCUT2D eigenvalue weighted by Crippen LogP contribution is -2.42. The van der Waals surface area contributed by atoms with Gasteiger partial charge in [-0.2, -0.15) is 11.8 Å². The van der Waals surface area contributed by atoms with Crippen molar-refractivity contribution >= 4 is 41.7 Å². The zero-order valence-electron chi connectivity index (χ0n) is 11.6. The first-order valence-corrected chi connectivity index (χ1v) is 7.51. The number of aryl methyl sites for hydroxylation is 2. The topological polar surface area (TPSA) is 41.6 Å². The summed E-state index contributed by atoms with van der Waals surface area (Å²) in [5.41, 5.74) is 9.89. The Morgan fingerprint density at radius 1 is 1.32 bits per heavy atom. The van der Waals surface area contributed by atoms with Gasteiger partial charge in [-0.15, -0.1) is 24.0 Å².